The summed E-state index contributed by atoms with van der Waals surface area (Å²) in [6.45, 7) is 7.79. The van der Waals surface area contributed by atoms with E-state index in [1.807, 2.05) is 20.8 Å². The summed E-state index contributed by atoms with van der Waals surface area (Å²) in [5, 5.41) is -0.0995. The molecule has 0 aliphatic carbocycles. The molecule has 0 N–H and O–H groups in total. The van der Waals surface area contributed by atoms with E-state index in [-0.39, 0.29) is 10.7 Å². The van der Waals surface area contributed by atoms with Gasteiger partial charge in [-0.25, -0.2) is 16.8 Å². The summed E-state index contributed by atoms with van der Waals surface area (Å²) in [5.74, 6) is 1.53. The molecule has 0 saturated carbocycles. The largest absolute Gasteiger partial charge is 0.229 e. The molecule has 0 spiro atoms. The van der Waals surface area contributed by atoms with Gasteiger partial charge in [0, 0.05) is 0 Å². The highest BCUT2D eigenvalue weighted by molar-refractivity contribution is 7.92. The lowest BCUT2D eigenvalue weighted by atomic mass is 9.94. The third kappa shape index (κ3) is 4.23. The fourth-order valence-corrected chi connectivity index (χ4v) is 6.56. The quantitative estimate of drug-likeness (QED) is 0.682. The van der Waals surface area contributed by atoms with Gasteiger partial charge in [0.15, 0.2) is 19.7 Å². The molecule has 2 saturated heterocycles. The van der Waals surface area contributed by atoms with E-state index in [1.165, 1.54) is 0 Å². The molecule has 108 valence electrons. The van der Waals surface area contributed by atoms with Crippen molar-refractivity contribution in [2.75, 3.05) is 17.3 Å². The molecule has 18 heavy (non-hydrogen) atoms. The smallest absolute Gasteiger partial charge is 0.153 e. The molecule has 2 unspecified atom stereocenters. The van der Waals surface area contributed by atoms with Crippen LogP contribution in [0.1, 0.15) is 40.5 Å². The first kappa shape index (κ1) is 16.0. The Hall–Kier alpha value is -0.100. The van der Waals surface area contributed by atoms with Gasteiger partial charge in [-0.15, -0.1) is 0 Å². The maximum absolute atomic E-state index is 11.0. The molecule has 0 aromatic rings. The van der Waals surface area contributed by atoms with Crippen molar-refractivity contribution >= 4 is 19.7 Å². The van der Waals surface area contributed by atoms with Crippen LogP contribution in [0.2, 0.25) is 0 Å². The number of sulfone groups is 2. The molecule has 0 radical (unpaired) electrons. The van der Waals surface area contributed by atoms with Gasteiger partial charge in [0.25, 0.3) is 0 Å². The highest BCUT2D eigenvalue weighted by Crippen LogP contribution is 2.30. The highest BCUT2D eigenvalue weighted by atomic mass is 32.2. The van der Waals surface area contributed by atoms with Crippen LogP contribution in [-0.4, -0.2) is 39.3 Å². The topological polar surface area (TPSA) is 68.3 Å². The van der Waals surface area contributed by atoms with E-state index >= 15 is 0 Å². The molecule has 2 aliphatic rings. The summed E-state index contributed by atoms with van der Waals surface area (Å²) < 4.78 is 43.6. The second-order valence-electron chi connectivity index (χ2n) is 6.34. The van der Waals surface area contributed by atoms with Crippen LogP contribution in [0.3, 0.4) is 0 Å². The molecule has 6 heteroatoms. The van der Waals surface area contributed by atoms with E-state index in [4.69, 9.17) is 0 Å². The lowest BCUT2D eigenvalue weighted by Crippen LogP contribution is -2.15. The Morgan fingerprint density at radius 3 is 1.67 bits per heavy atom. The van der Waals surface area contributed by atoms with Crippen molar-refractivity contribution in [2.24, 2.45) is 11.3 Å². The highest BCUT2D eigenvalue weighted by Gasteiger charge is 2.34. The van der Waals surface area contributed by atoms with Gasteiger partial charge >= 0.3 is 0 Å². The zero-order valence-electron chi connectivity index (χ0n) is 11.6. The van der Waals surface area contributed by atoms with Gasteiger partial charge in [0.05, 0.1) is 22.5 Å². The molecule has 2 fully saturated rings. The summed E-state index contributed by atoms with van der Waals surface area (Å²) in [4.78, 5) is 0. The Balaban J connectivity index is 0.000000180. The Kier molecular flexibility index (Phi) is 4.53. The Morgan fingerprint density at radius 2 is 1.56 bits per heavy atom. The van der Waals surface area contributed by atoms with E-state index in [1.54, 1.807) is 6.92 Å². The molecular formula is C12H24O4S2. The molecule has 0 aromatic heterocycles. The van der Waals surface area contributed by atoms with Crippen LogP contribution in [0.4, 0.5) is 0 Å². The molecule has 2 aliphatic heterocycles. The fourth-order valence-electron chi connectivity index (χ4n) is 2.30. The van der Waals surface area contributed by atoms with Crippen molar-refractivity contribution in [3.05, 3.63) is 0 Å². The van der Waals surface area contributed by atoms with E-state index < -0.39 is 19.7 Å². The van der Waals surface area contributed by atoms with Crippen LogP contribution in [-0.2, 0) is 19.7 Å². The minimum absolute atomic E-state index is 0.0405. The third-order valence-corrected chi connectivity index (χ3v) is 8.38. The molecule has 0 amide bonds. The van der Waals surface area contributed by atoms with Crippen LogP contribution in [0.25, 0.3) is 0 Å². The maximum Gasteiger partial charge on any atom is 0.153 e. The van der Waals surface area contributed by atoms with Crippen molar-refractivity contribution in [2.45, 2.75) is 45.8 Å². The number of hydrogen-bond donors (Lipinski definition) is 0. The van der Waals surface area contributed by atoms with Gasteiger partial charge in [0.2, 0.25) is 0 Å². The van der Waals surface area contributed by atoms with Crippen molar-refractivity contribution in [3.8, 4) is 0 Å². The van der Waals surface area contributed by atoms with Gasteiger partial charge in [0.1, 0.15) is 0 Å². The molecular weight excluding hydrogens is 272 g/mol. The second-order valence-corrected chi connectivity index (χ2v) is 11.0. The average molecular weight is 296 g/mol. The van der Waals surface area contributed by atoms with Crippen molar-refractivity contribution in [1.82, 2.24) is 0 Å². The lowest BCUT2D eigenvalue weighted by molar-refractivity contribution is 0.427. The van der Waals surface area contributed by atoms with Gasteiger partial charge in [-0.2, -0.15) is 0 Å². The van der Waals surface area contributed by atoms with Crippen LogP contribution in [0, 0.1) is 11.3 Å². The van der Waals surface area contributed by atoms with E-state index in [0.29, 0.717) is 23.2 Å². The van der Waals surface area contributed by atoms with Gasteiger partial charge < -0.3 is 0 Å². The zero-order chi connectivity index (χ0) is 14.2. The zero-order valence-corrected chi connectivity index (χ0v) is 13.3. The first-order valence-electron chi connectivity index (χ1n) is 6.37. The Labute approximate surface area is 111 Å². The fraction of sp³-hybridized carbons (Fsp3) is 1.00. The molecule has 0 aromatic carbocycles. The van der Waals surface area contributed by atoms with Crippen LogP contribution in [0.15, 0.2) is 0 Å². The SMILES string of the molecule is CC1(C)CCS(=O)(=O)C1.CC1CCS(=O)(=O)C1C. The molecule has 2 rings (SSSR count). The van der Waals surface area contributed by atoms with Gasteiger partial charge in [-0.05, 0) is 31.1 Å². The molecule has 2 heterocycles. The number of rotatable bonds is 0. The first-order chi connectivity index (χ1) is 7.95. The summed E-state index contributed by atoms with van der Waals surface area (Å²) in [6.07, 6.45) is 1.68. The minimum Gasteiger partial charge on any atom is -0.229 e. The predicted molar refractivity (Wildman–Crippen MR) is 74.1 cm³/mol. The maximum atomic E-state index is 11.0. The molecule has 0 bridgehead atoms. The normalized spacial score (nSPS) is 35.8. The van der Waals surface area contributed by atoms with E-state index in [0.717, 1.165) is 12.8 Å². The minimum atomic E-state index is -2.67. The van der Waals surface area contributed by atoms with Crippen LogP contribution in [0.5, 0.6) is 0 Å². The average Bonchev–Trinajstić information content (AvgIpc) is 2.58. The second kappa shape index (κ2) is 5.12. The summed E-state index contributed by atoms with van der Waals surface area (Å²) in [6, 6.07) is 0. The van der Waals surface area contributed by atoms with Crippen LogP contribution < -0.4 is 0 Å². The van der Waals surface area contributed by atoms with Crippen molar-refractivity contribution < 1.29 is 16.8 Å². The summed E-state index contributed by atoms with van der Waals surface area (Å²) in [5.41, 5.74) is 0.0405. The summed E-state index contributed by atoms with van der Waals surface area (Å²) >= 11 is 0. The molecule has 4 nitrogen and oxygen atoms in total. The van der Waals surface area contributed by atoms with Crippen molar-refractivity contribution in [3.63, 3.8) is 0 Å². The third-order valence-electron chi connectivity index (χ3n) is 3.93. The van der Waals surface area contributed by atoms with Gasteiger partial charge in [-0.3, -0.25) is 0 Å². The lowest BCUT2D eigenvalue weighted by Gasteiger charge is -2.11. The van der Waals surface area contributed by atoms with Crippen LogP contribution >= 0.6 is 0 Å². The number of hydrogen-bond acceptors (Lipinski definition) is 4. The monoisotopic (exact) mass is 296 g/mol. The molecule has 2 atom stereocenters. The Bertz CT molecular complexity index is 488. The Morgan fingerprint density at radius 1 is 1.00 bits per heavy atom. The van der Waals surface area contributed by atoms with Gasteiger partial charge in [-0.1, -0.05) is 20.8 Å². The standard InChI is InChI=1S/2C6H12O2S/c1-6(2)3-4-9(7,8)5-6;1-5-3-4-9(7,8)6(5)2/h3-5H2,1-2H3;5-6H,3-4H2,1-2H3. The van der Waals surface area contributed by atoms with E-state index in [9.17, 15) is 16.8 Å². The first-order valence-corrected chi connectivity index (χ1v) is 9.91. The van der Waals surface area contributed by atoms with E-state index in [2.05, 4.69) is 0 Å². The predicted octanol–water partition coefficient (Wildman–Crippen LogP) is 1.66. The van der Waals surface area contributed by atoms with Crippen molar-refractivity contribution in [1.29, 1.82) is 0 Å². The summed E-state index contributed by atoms with van der Waals surface area (Å²) in [7, 11) is -5.33.